The predicted molar refractivity (Wildman–Crippen MR) is 60.6 cm³/mol. The van der Waals surface area contributed by atoms with Crippen LogP contribution >= 0.6 is 0 Å². The average molecular weight is 255 g/mol. The van der Waals surface area contributed by atoms with Crippen LogP contribution in [0, 0.1) is 6.92 Å². The topological polar surface area (TPSA) is 117 Å². The molecule has 0 saturated carbocycles. The fraction of sp³-hybridized carbons (Fsp3) is 0.364. The van der Waals surface area contributed by atoms with Crippen molar-refractivity contribution >= 4 is 11.9 Å². The summed E-state index contributed by atoms with van der Waals surface area (Å²) in [6.45, 7) is 1.40. The summed E-state index contributed by atoms with van der Waals surface area (Å²) < 4.78 is 1.18. The van der Waals surface area contributed by atoms with Crippen molar-refractivity contribution < 1.29 is 24.9 Å². The molecule has 0 spiro atoms. The summed E-state index contributed by atoms with van der Waals surface area (Å²) >= 11 is 0. The maximum Gasteiger partial charge on any atom is 0.326 e. The molecule has 0 radical (unpaired) electrons. The molecule has 1 atom stereocenters. The van der Waals surface area contributed by atoms with Gasteiger partial charge in [0.1, 0.15) is 6.04 Å². The standard InChI is InChI=1S/C11H13NO6/c1-6-10(16)8(13)4-5-12(6)7(11(17)18)2-3-9(14)15/h4-5,7,16H,2-3H2,1H3,(H,14,15)(H,17,18)/t7-/m0/s1. The van der Waals surface area contributed by atoms with Crippen LogP contribution in [0.5, 0.6) is 5.75 Å². The van der Waals surface area contributed by atoms with Crippen LogP contribution in [-0.2, 0) is 9.59 Å². The summed E-state index contributed by atoms with van der Waals surface area (Å²) in [5.41, 5.74) is -0.508. The maximum atomic E-state index is 11.1. The lowest BCUT2D eigenvalue weighted by atomic mass is 10.1. The van der Waals surface area contributed by atoms with Gasteiger partial charge in [-0.15, -0.1) is 0 Å². The van der Waals surface area contributed by atoms with E-state index in [2.05, 4.69) is 0 Å². The van der Waals surface area contributed by atoms with E-state index in [9.17, 15) is 19.5 Å². The minimum atomic E-state index is -1.22. The molecule has 1 heterocycles. The number of carbonyl (C=O) groups is 2. The summed E-state index contributed by atoms with van der Waals surface area (Å²) in [5.74, 6) is -2.86. The Morgan fingerprint density at radius 3 is 2.50 bits per heavy atom. The number of carboxylic acid groups (broad SMARTS) is 2. The first-order valence-corrected chi connectivity index (χ1v) is 5.20. The van der Waals surface area contributed by atoms with Crippen molar-refractivity contribution in [1.82, 2.24) is 4.57 Å². The molecule has 0 saturated heterocycles. The SMILES string of the molecule is Cc1c(O)c(=O)ccn1[C@@H](CCC(=O)O)C(=O)O. The number of pyridine rings is 1. The highest BCUT2D eigenvalue weighted by atomic mass is 16.4. The van der Waals surface area contributed by atoms with Gasteiger partial charge in [-0.2, -0.15) is 0 Å². The normalized spacial score (nSPS) is 12.1. The number of hydrogen-bond donors (Lipinski definition) is 3. The van der Waals surface area contributed by atoms with Gasteiger partial charge in [0.05, 0.1) is 5.69 Å². The molecule has 1 aromatic rings. The van der Waals surface area contributed by atoms with E-state index in [1.54, 1.807) is 0 Å². The van der Waals surface area contributed by atoms with Crippen LogP contribution in [0.25, 0.3) is 0 Å². The van der Waals surface area contributed by atoms with Crippen molar-refractivity contribution in [3.8, 4) is 5.75 Å². The summed E-state index contributed by atoms with van der Waals surface area (Å²) in [4.78, 5) is 32.7. The monoisotopic (exact) mass is 255 g/mol. The van der Waals surface area contributed by atoms with Crippen molar-refractivity contribution in [2.45, 2.75) is 25.8 Å². The first-order valence-electron chi connectivity index (χ1n) is 5.20. The number of aliphatic carboxylic acids is 2. The smallest absolute Gasteiger partial charge is 0.326 e. The zero-order valence-electron chi connectivity index (χ0n) is 9.66. The van der Waals surface area contributed by atoms with E-state index in [0.29, 0.717) is 0 Å². The molecule has 3 N–H and O–H groups in total. The Bertz CT molecular complexity index is 533. The van der Waals surface area contributed by atoms with Crippen LogP contribution in [0.15, 0.2) is 17.1 Å². The molecule has 0 fully saturated rings. The number of hydrogen-bond acceptors (Lipinski definition) is 4. The molecular formula is C11H13NO6. The predicted octanol–water partition coefficient (Wildman–Crippen LogP) is 0.353. The van der Waals surface area contributed by atoms with Crippen LogP contribution in [0.3, 0.4) is 0 Å². The molecule has 98 valence electrons. The highest BCUT2D eigenvalue weighted by Crippen LogP contribution is 2.20. The molecule has 18 heavy (non-hydrogen) atoms. The van der Waals surface area contributed by atoms with Gasteiger partial charge in [-0.25, -0.2) is 4.79 Å². The Balaban J connectivity index is 3.14. The van der Waals surface area contributed by atoms with E-state index < -0.39 is 29.2 Å². The molecule has 0 aromatic carbocycles. The van der Waals surface area contributed by atoms with E-state index in [4.69, 9.17) is 10.2 Å². The van der Waals surface area contributed by atoms with E-state index in [-0.39, 0.29) is 18.5 Å². The van der Waals surface area contributed by atoms with Crippen LogP contribution in [0.4, 0.5) is 0 Å². The largest absolute Gasteiger partial charge is 0.503 e. The quantitative estimate of drug-likeness (QED) is 0.699. The molecule has 1 rings (SSSR count). The molecule has 1 aromatic heterocycles. The second-order valence-electron chi connectivity index (χ2n) is 3.81. The molecule has 0 aliphatic rings. The molecule has 0 aliphatic heterocycles. The molecule has 0 amide bonds. The third-order valence-corrected chi connectivity index (χ3v) is 2.60. The van der Waals surface area contributed by atoms with Crippen molar-refractivity contribution in [3.05, 3.63) is 28.2 Å². The van der Waals surface area contributed by atoms with E-state index in [1.165, 1.54) is 17.7 Å². The van der Waals surface area contributed by atoms with Gasteiger partial charge in [0.2, 0.25) is 5.43 Å². The summed E-state index contributed by atoms with van der Waals surface area (Å²) in [6.07, 6.45) is 0.787. The van der Waals surface area contributed by atoms with Crippen molar-refractivity contribution in [1.29, 1.82) is 0 Å². The minimum Gasteiger partial charge on any atom is -0.503 e. The molecule has 7 heteroatoms. The third-order valence-electron chi connectivity index (χ3n) is 2.60. The Morgan fingerprint density at radius 2 is 2.00 bits per heavy atom. The van der Waals surface area contributed by atoms with Crippen LogP contribution in [0.1, 0.15) is 24.6 Å². The molecule has 7 nitrogen and oxygen atoms in total. The molecular weight excluding hydrogens is 242 g/mol. The van der Waals surface area contributed by atoms with E-state index >= 15 is 0 Å². The summed E-state index contributed by atoms with van der Waals surface area (Å²) in [5, 5.41) is 27.1. The van der Waals surface area contributed by atoms with Crippen LogP contribution in [-0.4, -0.2) is 31.8 Å². The van der Waals surface area contributed by atoms with E-state index in [0.717, 1.165) is 6.07 Å². The highest BCUT2D eigenvalue weighted by Gasteiger charge is 2.22. The lowest BCUT2D eigenvalue weighted by molar-refractivity contribution is -0.142. The number of aromatic hydroxyl groups is 1. The van der Waals surface area contributed by atoms with Gasteiger partial charge in [-0.1, -0.05) is 0 Å². The third kappa shape index (κ3) is 2.88. The summed E-state index contributed by atoms with van der Waals surface area (Å²) in [7, 11) is 0. The molecule has 0 unspecified atom stereocenters. The molecule has 0 aliphatic carbocycles. The minimum absolute atomic E-state index is 0.0975. The van der Waals surface area contributed by atoms with Crippen molar-refractivity contribution in [2.24, 2.45) is 0 Å². The first-order chi connectivity index (χ1) is 8.34. The van der Waals surface area contributed by atoms with Gasteiger partial charge in [0.25, 0.3) is 0 Å². The first kappa shape index (κ1) is 13.8. The van der Waals surface area contributed by atoms with Gasteiger partial charge in [0, 0.05) is 18.7 Å². The van der Waals surface area contributed by atoms with Gasteiger partial charge >= 0.3 is 11.9 Å². The average Bonchev–Trinajstić information content (AvgIpc) is 2.28. The number of nitrogens with zero attached hydrogens (tertiary/aromatic N) is 1. The van der Waals surface area contributed by atoms with Crippen LogP contribution in [0.2, 0.25) is 0 Å². The zero-order chi connectivity index (χ0) is 13.9. The lowest BCUT2D eigenvalue weighted by Gasteiger charge is -2.18. The fourth-order valence-electron chi connectivity index (χ4n) is 1.62. The second kappa shape index (κ2) is 5.35. The van der Waals surface area contributed by atoms with Gasteiger partial charge in [0.15, 0.2) is 5.75 Å². The lowest BCUT2D eigenvalue weighted by Crippen LogP contribution is -2.23. The molecule has 0 bridgehead atoms. The second-order valence-corrected chi connectivity index (χ2v) is 3.81. The van der Waals surface area contributed by atoms with Gasteiger partial charge in [-0.05, 0) is 13.3 Å². The van der Waals surface area contributed by atoms with E-state index in [1.807, 2.05) is 0 Å². The Hall–Kier alpha value is -2.31. The van der Waals surface area contributed by atoms with Crippen molar-refractivity contribution in [3.63, 3.8) is 0 Å². The Morgan fingerprint density at radius 1 is 1.39 bits per heavy atom. The summed E-state index contributed by atoms with van der Waals surface area (Å²) in [6, 6.07) is -0.0911. The zero-order valence-corrected chi connectivity index (χ0v) is 9.66. The number of aromatic nitrogens is 1. The maximum absolute atomic E-state index is 11.1. The van der Waals surface area contributed by atoms with Crippen molar-refractivity contribution in [2.75, 3.05) is 0 Å². The highest BCUT2D eigenvalue weighted by molar-refractivity contribution is 5.74. The van der Waals surface area contributed by atoms with Gasteiger partial charge < -0.3 is 19.9 Å². The number of carboxylic acids is 2. The van der Waals surface area contributed by atoms with Crippen LogP contribution < -0.4 is 5.43 Å². The Kier molecular flexibility index (Phi) is 4.09. The van der Waals surface area contributed by atoms with Gasteiger partial charge in [-0.3, -0.25) is 9.59 Å². The Labute approximate surface area is 102 Å². The fourth-order valence-corrected chi connectivity index (χ4v) is 1.62. The number of rotatable bonds is 5.